The minimum Gasteiger partial charge on any atom is -0.464 e. The molecule has 1 atom stereocenters. The molecular weight excluding hydrogens is 270 g/mol. The van der Waals surface area contributed by atoms with Gasteiger partial charge in [0.15, 0.2) is 0 Å². The van der Waals surface area contributed by atoms with E-state index in [4.69, 9.17) is 9.47 Å². The Morgan fingerprint density at radius 2 is 1.67 bits per heavy atom. The number of esters is 1. The van der Waals surface area contributed by atoms with E-state index in [9.17, 15) is 9.59 Å². The summed E-state index contributed by atoms with van der Waals surface area (Å²) in [7, 11) is 0. The highest BCUT2D eigenvalue weighted by Gasteiger charge is 2.22. The van der Waals surface area contributed by atoms with Crippen molar-refractivity contribution in [2.45, 2.75) is 72.3 Å². The third-order valence-corrected chi connectivity index (χ3v) is 3.03. The van der Waals surface area contributed by atoms with Gasteiger partial charge in [0, 0.05) is 0 Å². The van der Waals surface area contributed by atoms with Gasteiger partial charge >= 0.3 is 12.1 Å². The van der Waals surface area contributed by atoms with Crippen LogP contribution in [0.1, 0.15) is 66.2 Å². The van der Waals surface area contributed by atoms with Crippen molar-refractivity contribution in [1.29, 1.82) is 0 Å². The average molecular weight is 301 g/mol. The molecule has 0 aromatic heterocycles. The number of hydrogen-bond donors (Lipinski definition) is 1. The van der Waals surface area contributed by atoms with E-state index in [1.165, 1.54) is 0 Å². The molecule has 0 fully saturated rings. The van der Waals surface area contributed by atoms with Gasteiger partial charge in [-0.25, -0.2) is 9.59 Å². The number of hydrogen-bond acceptors (Lipinski definition) is 4. The van der Waals surface area contributed by atoms with Gasteiger partial charge in [-0.05, 0) is 31.6 Å². The Hall–Kier alpha value is -1.26. The van der Waals surface area contributed by atoms with Crippen molar-refractivity contribution in [3.63, 3.8) is 0 Å². The van der Waals surface area contributed by atoms with Crippen LogP contribution in [0.15, 0.2) is 0 Å². The predicted octanol–water partition coefficient (Wildman–Crippen LogP) is 3.66. The molecule has 1 unspecified atom stereocenters. The molecule has 0 saturated carbocycles. The fourth-order valence-electron chi connectivity index (χ4n) is 1.80. The molecule has 0 saturated heterocycles. The van der Waals surface area contributed by atoms with E-state index < -0.39 is 12.1 Å². The summed E-state index contributed by atoms with van der Waals surface area (Å²) in [5.74, 6) is 0.238. The molecular formula is C16H31NO4. The van der Waals surface area contributed by atoms with Gasteiger partial charge in [0.2, 0.25) is 0 Å². The zero-order chi connectivity index (χ0) is 16.1. The number of rotatable bonds is 11. The van der Waals surface area contributed by atoms with Crippen molar-refractivity contribution in [3.8, 4) is 0 Å². The molecule has 1 amide bonds. The van der Waals surface area contributed by atoms with E-state index in [2.05, 4.69) is 19.2 Å². The Labute approximate surface area is 128 Å². The van der Waals surface area contributed by atoms with Crippen molar-refractivity contribution in [1.82, 2.24) is 5.32 Å². The number of carbonyl (C=O) groups is 2. The highest BCUT2D eigenvalue weighted by molar-refractivity contribution is 5.81. The average Bonchev–Trinajstić information content (AvgIpc) is 2.45. The van der Waals surface area contributed by atoms with Gasteiger partial charge in [-0.15, -0.1) is 0 Å². The molecule has 124 valence electrons. The van der Waals surface area contributed by atoms with Crippen LogP contribution in [-0.4, -0.2) is 31.3 Å². The third kappa shape index (κ3) is 11.1. The lowest BCUT2D eigenvalue weighted by Gasteiger charge is -2.17. The SMILES string of the molecule is CCCCC(NC(=O)OCCC)C(=O)OCCCC(C)C. The number of ether oxygens (including phenoxy) is 2. The minimum atomic E-state index is -0.603. The second-order valence-electron chi connectivity index (χ2n) is 5.68. The monoisotopic (exact) mass is 301 g/mol. The summed E-state index contributed by atoms with van der Waals surface area (Å²) in [6.07, 6.45) is 4.50. The zero-order valence-electron chi connectivity index (χ0n) is 13.9. The van der Waals surface area contributed by atoms with Gasteiger partial charge in [-0.3, -0.25) is 0 Å². The molecule has 0 bridgehead atoms. The third-order valence-electron chi connectivity index (χ3n) is 3.03. The van der Waals surface area contributed by atoms with Crippen LogP contribution in [-0.2, 0) is 14.3 Å². The number of alkyl carbamates (subject to hydrolysis) is 1. The molecule has 0 aliphatic rings. The molecule has 0 radical (unpaired) electrons. The molecule has 0 aliphatic carbocycles. The summed E-state index contributed by atoms with van der Waals surface area (Å²) >= 11 is 0. The fraction of sp³-hybridized carbons (Fsp3) is 0.875. The van der Waals surface area contributed by atoms with Gasteiger partial charge in [0.1, 0.15) is 6.04 Å². The Morgan fingerprint density at radius 3 is 2.24 bits per heavy atom. The lowest BCUT2D eigenvalue weighted by molar-refractivity contribution is -0.146. The van der Waals surface area contributed by atoms with Crippen LogP contribution in [0.4, 0.5) is 4.79 Å². The van der Waals surface area contributed by atoms with E-state index in [0.29, 0.717) is 25.6 Å². The van der Waals surface area contributed by atoms with Crippen molar-refractivity contribution < 1.29 is 19.1 Å². The standard InChI is InChI=1S/C16H31NO4/c1-5-7-10-14(17-16(19)21-11-6-2)15(18)20-12-8-9-13(3)4/h13-14H,5-12H2,1-4H3,(H,17,19). The molecule has 0 aliphatic heterocycles. The van der Waals surface area contributed by atoms with Crippen LogP contribution in [0, 0.1) is 5.92 Å². The Balaban J connectivity index is 4.18. The minimum absolute atomic E-state index is 0.357. The first kappa shape index (κ1) is 19.7. The Bertz CT molecular complexity index is 292. The highest BCUT2D eigenvalue weighted by Crippen LogP contribution is 2.06. The maximum atomic E-state index is 12.0. The van der Waals surface area contributed by atoms with E-state index in [-0.39, 0.29) is 5.97 Å². The van der Waals surface area contributed by atoms with E-state index in [1.807, 2.05) is 13.8 Å². The molecule has 0 spiro atoms. The fourth-order valence-corrected chi connectivity index (χ4v) is 1.80. The van der Waals surface area contributed by atoms with Crippen LogP contribution in [0.25, 0.3) is 0 Å². The van der Waals surface area contributed by atoms with E-state index in [1.54, 1.807) is 0 Å². The largest absolute Gasteiger partial charge is 0.464 e. The summed E-state index contributed by atoms with van der Waals surface area (Å²) in [6, 6.07) is -0.603. The van der Waals surface area contributed by atoms with Gasteiger partial charge in [-0.2, -0.15) is 0 Å². The molecule has 0 rings (SSSR count). The maximum absolute atomic E-state index is 12.0. The van der Waals surface area contributed by atoms with Gasteiger partial charge in [-0.1, -0.05) is 40.5 Å². The summed E-state index contributed by atoms with van der Waals surface area (Å²) in [4.78, 5) is 23.6. The highest BCUT2D eigenvalue weighted by atomic mass is 16.6. The molecule has 5 nitrogen and oxygen atoms in total. The summed E-state index contributed by atoms with van der Waals surface area (Å²) in [5.41, 5.74) is 0. The Morgan fingerprint density at radius 1 is 0.952 bits per heavy atom. The first-order valence-corrected chi connectivity index (χ1v) is 8.11. The zero-order valence-corrected chi connectivity index (χ0v) is 13.9. The van der Waals surface area contributed by atoms with E-state index >= 15 is 0 Å². The molecule has 5 heteroatoms. The Kier molecular flexibility index (Phi) is 11.7. The first-order valence-electron chi connectivity index (χ1n) is 8.11. The molecule has 0 aromatic carbocycles. The molecule has 1 N–H and O–H groups in total. The summed E-state index contributed by atoms with van der Waals surface area (Å²) in [5, 5.41) is 2.60. The lowest BCUT2D eigenvalue weighted by Crippen LogP contribution is -2.42. The van der Waals surface area contributed by atoms with Crippen LogP contribution < -0.4 is 5.32 Å². The summed E-state index contributed by atoms with van der Waals surface area (Å²) in [6.45, 7) is 9.00. The molecule has 0 heterocycles. The normalized spacial score (nSPS) is 12.0. The van der Waals surface area contributed by atoms with Gasteiger partial charge in [0.05, 0.1) is 13.2 Å². The topological polar surface area (TPSA) is 64.6 Å². The molecule has 0 aromatic rings. The van der Waals surface area contributed by atoms with Crippen molar-refractivity contribution >= 4 is 12.1 Å². The van der Waals surface area contributed by atoms with Crippen LogP contribution in [0.2, 0.25) is 0 Å². The lowest BCUT2D eigenvalue weighted by atomic mass is 10.1. The van der Waals surface area contributed by atoms with Crippen LogP contribution in [0.5, 0.6) is 0 Å². The van der Waals surface area contributed by atoms with Gasteiger partial charge in [0.25, 0.3) is 0 Å². The predicted molar refractivity (Wildman–Crippen MR) is 83.1 cm³/mol. The maximum Gasteiger partial charge on any atom is 0.407 e. The second-order valence-corrected chi connectivity index (χ2v) is 5.68. The van der Waals surface area contributed by atoms with Gasteiger partial charge < -0.3 is 14.8 Å². The second kappa shape index (κ2) is 12.5. The van der Waals surface area contributed by atoms with Crippen molar-refractivity contribution in [2.75, 3.05) is 13.2 Å². The van der Waals surface area contributed by atoms with Crippen molar-refractivity contribution in [2.24, 2.45) is 5.92 Å². The quantitative estimate of drug-likeness (QED) is 0.467. The first-order chi connectivity index (χ1) is 10.0. The van der Waals surface area contributed by atoms with Crippen LogP contribution in [0.3, 0.4) is 0 Å². The number of amides is 1. The smallest absolute Gasteiger partial charge is 0.407 e. The number of carbonyl (C=O) groups excluding carboxylic acids is 2. The number of unbranched alkanes of at least 4 members (excludes halogenated alkanes) is 1. The van der Waals surface area contributed by atoms with Crippen LogP contribution >= 0.6 is 0 Å². The number of nitrogens with one attached hydrogen (secondary N) is 1. The summed E-state index contributed by atoms with van der Waals surface area (Å²) < 4.78 is 10.2. The van der Waals surface area contributed by atoms with E-state index in [0.717, 1.165) is 32.1 Å². The molecule has 21 heavy (non-hydrogen) atoms. The van der Waals surface area contributed by atoms with Crippen molar-refractivity contribution in [3.05, 3.63) is 0 Å².